The van der Waals surface area contributed by atoms with Crippen LogP contribution in [0.2, 0.25) is 0 Å². The molecule has 0 saturated carbocycles. The molecule has 3 heterocycles. The maximum absolute atomic E-state index is 12.2. The Balaban J connectivity index is 1.59. The highest BCUT2D eigenvalue weighted by molar-refractivity contribution is 5.63. The van der Waals surface area contributed by atoms with Crippen molar-refractivity contribution in [1.29, 1.82) is 0 Å². The van der Waals surface area contributed by atoms with Gasteiger partial charge in [-0.25, -0.2) is 4.98 Å². The second-order valence-electron chi connectivity index (χ2n) is 6.72. The molecule has 0 fully saturated rings. The Morgan fingerprint density at radius 3 is 2.61 bits per heavy atom. The van der Waals surface area contributed by atoms with Crippen LogP contribution in [0.5, 0.6) is 0 Å². The van der Waals surface area contributed by atoms with E-state index in [0.29, 0.717) is 11.5 Å². The molecule has 6 nitrogen and oxygen atoms in total. The second-order valence-corrected chi connectivity index (χ2v) is 6.72. The SMILES string of the molecule is CN(Cc1ccoc1)Cc1cccc(-c2nc(-c3ccncc3)cc(=O)[nH]2)c1. The fourth-order valence-corrected chi connectivity index (χ4v) is 3.14. The van der Waals surface area contributed by atoms with Gasteiger partial charge in [-0.2, -0.15) is 0 Å². The molecule has 4 aromatic rings. The number of pyridine rings is 1. The summed E-state index contributed by atoms with van der Waals surface area (Å²) in [7, 11) is 2.06. The number of benzene rings is 1. The Labute approximate surface area is 162 Å². The first-order chi connectivity index (χ1) is 13.7. The first-order valence-electron chi connectivity index (χ1n) is 8.98. The molecule has 1 aromatic carbocycles. The number of nitrogens with one attached hydrogen (secondary N) is 1. The quantitative estimate of drug-likeness (QED) is 0.558. The predicted octanol–water partition coefficient (Wildman–Crippen LogP) is 3.72. The molecule has 0 unspecified atom stereocenters. The molecule has 3 aromatic heterocycles. The molecular formula is C22H20N4O2. The van der Waals surface area contributed by atoms with Crippen molar-refractivity contribution >= 4 is 0 Å². The summed E-state index contributed by atoms with van der Waals surface area (Å²) in [6.07, 6.45) is 6.82. The maximum Gasteiger partial charge on any atom is 0.251 e. The molecule has 0 aliphatic heterocycles. The number of rotatable bonds is 6. The van der Waals surface area contributed by atoms with Crippen molar-refractivity contribution in [1.82, 2.24) is 19.9 Å². The van der Waals surface area contributed by atoms with Crippen molar-refractivity contribution in [3.63, 3.8) is 0 Å². The van der Waals surface area contributed by atoms with Crippen molar-refractivity contribution in [2.24, 2.45) is 0 Å². The number of aromatic nitrogens is 3. The highest BCUT2D eigenvalue weighted by Gasteiger charge is 2.08. The lowest BCUT2D eigenvalue weighted by Crippen LogP contribution is -2.16. The summed E-state index contributed by atoms with van der Waals surface area (Å²) in [5.74, 6) is 0.554. The second kappa shape index (κ2) is 8.02. The zero-order valence-electron chi connectivity index (χ0n) is 15.5. The highest BCUT2D eigenvalue weighted by atomic mass is 16.3. The molecule has 140 valence electrons. The van der Waals surface area contributed by atoms with Crippen molar-refractivity contribution in [2.75, 3.05) is 7.05 Å². The van der Waals surface area contributed by atoms with E-state index in [1.165, 1.54) is 6.07 Å². The van der Waals surface area contributed by atoms with Gasteiger partial charge in [-0.15, -0.1) is 0 Å². The summed E-state index contributed by atoms with van der Waals surface area (Å²) in [6, 6.07) is 15.2. The summed E-state index contributed by atoms with van der Waals surface area (Å²) in [5.41, 5.74) is 4.46. The number of hydrogen-bond acceptors (Lipinski definition) is 5. The lowest BCUT2D eigenvalue weighted by atomic mass is 10.1. The van der Waals surface area contributed by atoms with E-state index in [1.807, 2.05) is 30.3 Å². The number of H-pyrrole nitrogens is 1. The van der Waals surface area contributed by atoms with Crippen LogP contribution in [-0.4, -0.2) is 26.9 Å². The Morgan fingerprint density at radius 1 is 1.00 bits per heavy atom. The van der Waals surface area contributed by atoms with E-state index in [1.54, 1.807) is 24.9 Å². The van der Waals surface area contributed by atoms with Crippen LogP contribution in [0.25, 0.3) is 22.6 Å². The number of aromatic amines is 1. The third kappa shape index (κ3) is 4.24. The lowest BCUT2D eigenvalue weighted by molar-refractivity contribution is 0.318. The van der Waals surface area contributed by atoms with Gasteiger partial charge in [-0.3, -0.25) is 14.7 Å². The largest absolute Gasteiger partial charge is 0.472 e. The summed E-state index contributed by atoms with van der Waals surface area (Å²) in [6.45, 7) is 1.57. The molecule has 0 aliphatic carbocycles. The normalized spacial score (nSPS) is 11.1. The van der Waals surface area contributed by atoms with Gasteiger partial charge in [0.2, 0.25) is 0 Å². The van der Waals surface area contributed by atoms with Gasteiger partial charge in [0.25, 0.3) is 5.56 Å². The van der Waals surface area contributed by atoms with Crippen LogP contribution >= 0.6 is 0 Å². The lowest BCUT2D eigenvalue weighted by Gasteiger charge is -2.16. The molecule has 4 rings (SSSR count). The van der Waals surface area contributed by atoms with Crippen LogP contribution in [0.3, 0.4) is 0 Å². The van der Waals surface area contributed by atoms with Gasteiger partial charge in [0.05, 0.1) is 18.2 Å². The summed E-state index contributed by atoms with van der Waals surface area (Å²) >= 11 is 0. The average molecular weight is 372 g/mol. The standard InChI is InChI=1S/C22H20N4O2/c1-26(14-17-7-10-28-15-17)13-16-3-2-4-19(11-16)22-24-20(12-21(27)25-22)18-5-8-23-9-6-18/h2-12,15H,13-14H2,1H3,(H,24,25,27). The van der Waals surface area contributed by atoms with Gasteiger partial charge in [0.1, 0.15) is 5.82 Å². The zero-order chi connectivity index (χ0) is 19.3. The first kappa shape index (κ1) is 17.9. The van der Waals surface area contributed by atoms with E-state index in [0.717, 1.165) is 35.3 Å². The van der Waals surface area contributed by atoms with Crippen molar-refractivity contribution in [2.45, 2.75) is 13.1 Å². The van der Waals surface area contributed by atoms with E-state index < -0.39 is 0 Å². The molecular weight excluding hydrogens is 352 g/mol. The van der Waals surface area contributed by atoms with Gasteiger partial charge in [0, 0.05) is 48.2 Å². The Bertz CT molecular complexity index is 1100. The summed E-state index contributed by atoms with van der Waals surface area (Å²) < 4.78 is 5.13. The molecule has 0 bridgehead atoms. The summed E-state index contributed by atoms with van der Waals surface area (Å²) in [5, 5.41) is 0. The van der Waals surface area contributed by atoms with E-state index in [4.69, 9.17) is 4.42 Å². The van der Waals surface area contributed by atoms with Crippen LogP contribution < -0.4 is 5.56 Å². The third-order valence-corrected chi connectivity index (χ3v) is 4.40. The van der Waals surface area contributed by atoms with Gasteiger partial charge in [-0.05, 0) is 36.9 Å². The predicted molar refractivity (Wildman–Crippen MR) is 107 cm³/mol. The van der Waals surface area contributed by atoms with Crippen LogP contribution in [0.15, 0.2) is 82.7 Å². The van der Waals surface area contributed by atoms with Crippen LogP contribution in [0.1, 0.15) is 11.1 Å². The number of nitrogens with zero attached hydrogens (tertiary/aromatic N) is 3. The van der Waals surface area contributed by atoms with E-state index in [-0.39, 0.29) is 5.56 Å². The van der Waals surface area contributed by atoms with E-state index >= 15 is 0 Å². The highest BCUT2D eigenvalue weighted by Crippen LogP contribution is 2.20. The first-order valence-corrected chi connectivity index (χ1v) is 8.98. The van der Waals surface area contributed by atoms with Crippen molar-refractivity contribution in [3.05, 3.63) is 94.9 Å². The zero-order valence-corrected chi connectivity index (χ0v) is 15.5. The van der Waals surface area contributed by atoms with Gasteiger partial charge in [-0.1, -0.05) is 18.2 Å². The average Bonchev–Trinajstić information content (AvgIpc) is 3.21. The van der Waals surface area contributed by atoms with E-state index in [9.17, 15) is 4.79 Å². The van der Waals surface area contributed by atoms with Crippen LogP contribution in [0.4, 0.5) is 0 Å². The molecule has 28 heavy (non-hydrogen) atoms. The van der Waals surface area contributed by atoms with Gasteiger partial charge in [0.15, 0.2) is 0 Å². The Hall–Kier alpha value is -3.51. The Morgan fingerprint density at radius 2 is 1.82 bits per heavy atom. The van der Waals surface area contributed by atoms with Crippen LogP contribution in [-0.2, 0) is 13.1 Å². The summed E-state index contributed by atoms with van der Waals surface area (Å²) in [4.78, 5) is 25.9. The van der Waals surface area contributed by atoms with Crippen molar-refractivity contribution < 1.29 is 4.42 Å². The van der Waals surface area contributed by atoms with Crippen LogP contribution in [0, 0.1) is 0 Å². The number of hydrogen-bond donors (Lipinski definition) is 1. The Kier molecular flexibility index (Phi) is 5.12. The minimum absolute atomic E-state index is 0.181. The fourth-order valence-electron chi connectivity index (χ4n) is 3.14. The van der Waals surface area contributed by atoms with Crippen molar-refractivity contribution in [3.8, 4) is 22.6 Å². The molecule has 0 atom stereocenters. The molecule has 1 N–H and O–H groups in total. The maximum atomic E-state index is 12.2. The minimum Gasteiger partial charge on any atom is -0.472 e. The minimum atomic E-state index is -0.181. The third-order valence-electron chi connectivity index (χ3n) is 4.40. The van der Waals surface area contributed by atoms with E-state index in [2.05, 4.69) is 39.0 Å². The molecule has 0 spiro atoms. The van der Waals surface area contributed by atoms with Gasteiger partial charge < -0.3 is 9.40 Å². The topological polar surface area (TPSA) is 75.0 Å². The fraction of sp³-hybridized carbons (Fsp3) is 0.136. The molecule has 0 radical (unpaired) electrons. The van der Waals surface area contributed by atoms with Gasteiger partial charge >= 0.3 is 0 Å². The molecule has 0 saturated heterocycles. The molecule has 0 aliphatic rings. The smallest absolute Gasteiger partial charge is 0.251 e. The number of furan rings is 1. The molecule has 0 amide bonds. The molecule has 6 heteroatoms. The monoisotopic (exact) mass is 372 g/mol.